The Hall–Kier alpha value is -2.25. The molecule has 0 bridgehead atoms. The molecule has 2 aromatic carbocycles. The molecule has 1 unspecified atom stereocenters. The number of nitrogens with two attached hydrogens (primary N) is 2. The SMILES string of the molecule is CCCC(c1cccc(N)c1O)N(CC(C)C)S(=O)(=O)c1ccc(N)cc1. The Labute approximate surface area is 161 Å². The van der Waals surface area contributed by atoms with Gasteiger partial charge in [-0.2, -0.15) is 4.31 Å². The minimum atomic E-state index is -3.79. The van der Waals surface area contributed by atoms with E-state index >= 15 is 0 Å². The summed E-state index contributed by atoms with van der Waals surface area (Å²) >= 11 is 0. The molecule has 0 heterocycles. The fourth-order valence-corrected chi connectivity index (χ4v) is 4.90. The summed E-state index contributed by atoms with van der Waals surface area (Å²) in [5, 5.41) is 10.5. The fraction of sp³-hybridized carbons (Fsp3) is 0.400. The zero-order valence-corrected chi connectivity index (χ0v) is 16.9. The maximum absolute atomic E-state index is 13.4. The van der Waals surface area contributed by atoms with Gasteiger partial charge in [0.1, 0.15) is 5.75 Å². The first-order valence-corrected chi connectivity index (χ1v) is 10.6. The van der Waals surface area contributed by atoms with Crippen LogP contribution >= 0.6 is 0 Å². The molecular formula is C20H29N3O3S. The third-order valence-electron chi connectivity index (χ3n) is 4.40. The third-order valence-corrected chi connectivity index (χ3v) is 6.29. The summed E-state index contributed by atoms with van der Waals surface area (Å²) in [6, 6.07) is 10.7. The first-order valence-electron chi connectivity index (χ1n) is 9.13. The first kappa shape index (κ1) is 21.1. The number of nitrogens with zero attached hydrogens (tertiary/aromatic N) is 1. The lowest BCUT2D eigenvalue weighted by Crippen LogP contribution is -2.37. The van der Waals surface area contributed by atoms with E-state index in [4.69, 9.17) is 11.5 Å². The van der Waals surface area contributed by atoms with Gasteiger partial charge < -0.3 is 16.6 Å². The molecule has 0 aliphatic carbocycles. The van der Waals surface area contributed by atoms with Crippen molar-refractivity contribution in [3.63, 3.8) is 0 Å². The van der Waals surface area contributed by atoms with Crippen LogP contribution in [0.25, 0.3) is 0 Å². The summed E-state index contributed by atoms with van der Waals surface area (Å²) in [4.78, 5) is 0.182. The topological polar surface area (TPSA) is 110 Å². The third kappa shape index (κ3) is 4.73. The van der Waals surface area contributed by atoms with Crippen LogP contribution in [0.4, 0.5) is 11.4 Å². The minimum absolute atomic E-state index is 0.0581. The summed E-state index contributed by atoms with van der Waals surface area (Å²) in [5.74, 6) is 0.0494. The van der Waals surface area contributed by atoms with E-state index in [-0.39, 0.29) is 22.3 Å². The number of aromatic hydroxyl groups is 1. The van der Waals surface area contributed by atoms with Crippen molar-refractivity contribution in [2.24, 2.45) is 5.92 Å². The molecule has 0 saturated heterocycles. The average Bonchev–Trinajstić information content (AvgIpc) is 2.61. The maximum Gasteiger partial charge on any atom is 0.243 e. The van der Waals surface area contributed by atoms with Gasteiger partial charge in [0.15, 0.2) is 0 Å². The highest BCUT2D eigenvalue weighted by atomic mass is 32.2. The lowest BCUT2D eigenvalue weighted by atomic mass is 9.99. The molecule has 1 atom stereocenters. The Morgan fingerprint density at radius 1 is 1.07 bits per heavy atom. The molecule has 0 amide bonds. The number of phenols is 1. The first-order chi connectivity index (χ1) is 12.7. The molecule has 0 radical (unpaired) electrons. The molecule has 27 heavy (non-hydrogen) atoms. The average molecular weight is 392 g/mol. The second-order valence-electron chi connectivity index (χ2n) is 7.13. The lowest BCUT2D eigenvalue weighted by Gasteiger charge is -2.33. The number of nitrogen functional groups attached to an aromatic ring is 2. The Kier molecular flexibility index (Phi) is 6.73. The number of phenolic OH excluding ortho intramolecular Hbond substituents is 1. The summed E-state index contributed by atoms with van der Waals surface area (Å²) in [7, 11) is -3.79. The van der Waals surface area contributed by atoms with Gasteiger partial charge in [-0.05, 0) is 42.7 Å². The van der Waals surface area contributed by atoms with E-state index < -0.39 is 16.1 Å². The number of hydrogen-bond donors (Lipinski definition) is 3. The Balaban J connectivity index is 2.60. The van der Waals surface area contributed by atoms with E-state index in [2.05, 4.69) is 0 Å². The largest absolute Gasteiger partial charge is 0.505 e. The standard InChI is InChI=1S/C20H29N3O3S/c1-4-6-19(17-7-5-8-18(22)20(17)24)23(13-14(2)3)27(25,26)16-11-9-15(21)10-12-16/h5,7-12,14,19,24H,4,6,13,21-22H2,1-3H3. The van der Waals surface area contributed by atoms with Gasteiger partial charge in [-0.15, -0.1) is 0 Å². The van der Waals surface area contributed by atoms with Gasteiger partial charge >= 0.3 is 0 Å². The Bertz CT molecular complexity index is 865. The number of sulfonamides is 1. The number of para-hydroxylation sites is 1. The number of anilines is 2. The predicted molar refractivity (Wildman–Crippen MR) is 110 cm³/mol. The molecule has 0 aliphatic rings. The normalized spacial score (nSPS) is 13.2. The van der Waals surface area contributed by atoms with Gasteiger partial charge in [-0.3, -0.25) is 0 Å². The maximum atomic E-state index is 13.4. The van der Waals surface area contributed by atoms with Crippen molar-refractivity contribution in [1.82, 2.24) is 4.31 Å². The van der Waals surface area contributed by atoms with Crippen LogP contribution < -0.4 is 11.5 Å². The van der Waals surface area contributed by atoms with E-state index in [9.17, 15) is 13.5 Å². The summed E-state index contributed by atoms with van der Waals surface area (Å²) < 4.78 is 28.3. The van der Waals surface area contributed by atoms with Crippen molar-refractivity contribution in [1.29, 1.82) is 0 Å². The Morgan fingerprint density at radius 3 is 2.26 bits per heavy atom. The van der Waals surface area contributed by atoms with Crippen LogP contribution in [0.3, 0.4) is 0 Å². The molecule has 0 fully saturated rings. The smallest absolute Gasteiger partial charge is 0.243 e. The van der Waals surface area contributed by atoms with Crippen LogP contribution in [0.5, 0.6) is 5.75 Å². The molecule has 0 spiro atoms. The highest BCUT2D eigenvalue weighted by Crippen LogP contribution is 2.38. The molecule has 5 N–H and O–H groups in total. The van der Waals surface area contributed by atoms with Crippen LogP contribution in [0.1, 0.15) is 45.2 Å². The second-order valence-corrected chi connectivity index (χ2v) is 9.02. The zero-order chi connectivity index (χ0) is 20.2. The van der Waals surface area contributed by atoms with Gasteiger partial charge in [0, 0.05) is 17.8 Å². The van der Waals surface area contributed by atoms with Crippen molar-refractivity contribution in [2.45, 2.75) is 44.6 Å². The number of benzene rings is 2. The van der Waals surface area contributed by atoms with Crippen molar-refractivity contribution in [3.05, 3.63) is 48.0 Å². The molecule has 148 valence electrons. The van der Waals surface area contributed by atoms with Crippen LogP contribution in [0.2, 0.25) is 0 Å². The molecule has 6 nitrogen and oxygen atoms in total. The number of hydrogen-bond acceptors (Lipinski definition) is 5. The summed E-state index contributed by atoms with van der Waals surface area (Å²) in [5.41, 5.74) is 12.8. The Morgan fingerprint density at radius 2 is 1.70 bits per heavy atom. The molecular weight excluding hydrogens is 362 g/mol. The van der Waals surface area contributed by atoms with Crippen molar-refractivity contribution >= 4 is 21.4 Å². The lowest BCUT2D eigenvalue weighted by molar-refractivity contribution is 0.274. The monoisotopic (exact) mass is 391 g/mol. The predicted octanol–water partition coefficient (Wildman–Crippen LogP) is 3.74. The van der Waals surface area contributed by atoms with Crippen LogP contribution in [0.15, 0.2) is 47.4 Å². The second kappa shape index (κ2) is 8.63. The van der Waals surface area contributed by atoms with Crippen molar-refractivity contribution < 1.29 is 13.5 Å². The molecule has 0 saturated carbocycles. The van der Waals surface area contributed by atoms with Gasteiger partial charge in [0.25, 0.3) is 0 Å². The summed E-state index contributed by atoms with van der Waals surface area (Å²) in [6.07, 6.45) is 1.32. The van der Waals surface area contributed by atoms with Crippen LogP contribution in [-0.4, -0.2) is 24.4 Å². The molecule has 7 heteroatoms. The van der Waals surface area contributed by atoms with E-state index in [1.54, 1.807) is 30.3 Å². The van der Waals surface area contributed by atoms with Gasteiger partial charge in [-0.25, -0.2) is 8.42 Å². The number of rotatable bonds is 8. The molecule has 0 aliphatic heterocycles. The van der Waals surface area contributed by atoms with Gasteiger partial charge in [-0.1, -0.05) is 39.3 Å². The highest BCUT2D eigenvalue weighted by Gasteiger charge is 2.34. The van der Waals surface area contributed by atoms with E-state index in [0.29, 0.717) is 24.2 Å². The minimum Gasteiger partial charge on any atom is -0.505 e. The van der Waals surface area contributed by atoms with Crippen molar-refractivity contribution in [3.8, 4) is 5.75 Å². The van der Waals surface area contributed by atoms with E-state index in [1.807, 2.05) is 20.8 Å². The van der Waals surface area contributed by atoms with E-state index in [0.717, 1.165) is 6.42 Å². The highest BCUT2D eigenvalue weighted by molar-refractivity contribution is 7.89. The zero-order valence-electron chi connectivity index (χ0n) is 16.1. The van der Waals surface area contributed by atoms with Crippen LogP contribution in [0, 0.1) is 5.92 Å². The van der Waals surface area contributed by atoms with Gasteiger partial charge in [0.2, 0.25) is 10.0 Å². The molecule has 0 aromatic heterocycles. The van der Waals surface area contributed by atoms with Crippen LogP contribution in [-0.2, 0) is 10.0 Å². The van der Waals surface area contributed by atoms with Gasteiger partial charge in [0.05, 0.1) is 16.6 Å². The summed E-state index contributed by atoms with van der Waals surface area (Å²) in [6.45, 7) is 6.24. The fourth-order valence-electron chi connectivity index (χ4n) is 3.10. The van der Waals surface area contributed by atoms with E-state index in [1.165, 1.54) is 16.4 Å². The quantitative estimate of drug-likeness (QED) is 0.469. The van der Waals surface area contributed by atoms with Crippen molar-refractivity contribution in [2.75, 3.05) is 18.0 Å². The molecule has 2 aromatic rings. The molecule has 2 rings (SSSR count).